The molecule has 32 heteroatoms. The summed E-state index contributed by atoms with van der Waals surface area (Å²) in [4.78, 5) is 0. The highest BCUT2D eigenvalue weighted by Gasteiger charge is 2.42. The molecule has 4 aliphatic heterocycles. The van der Waals surface area contributed by atoms with Crippen molar-refractivity contribution in [1.82, 2.24) is 0 Å². The first-order valence-electron chi connectivity index (χ1n) is 33.1. The predicted octanol–water partition coefficient (Wildman–Crippen LogP) is 16.2. The van der Waals surface area contributed by atoms with Crippen molar-refractivity contribution in [2.45, 2.75) is 51.4 Å². The normalized spacial score (nSPS) is 14.4. The van der Waals surface area contributed by atoms with Gasteiger partial charge in [-0.15, -0.1) is 32.8 Å². The molecule has 16 rings (SSSR count). The highest BCUT2D eigenvalue weighted by atomic mass is 19.2. The summed E-state index contributed by atoms with van der Waals surface area (Å²) in [6.07, 6.45) is 3.10. The molecule has 4 aliphatic rings. The van der Waals surface area contributed by atoms with Gasteiger partial charge in [-0.1, -0.05) is 109 Å². The number of hydrogen-bond acceptors (Lipinski definition) is 4. The van der Waals surface area contributed by atoms with E-state index in [1.807, 2.05) is 0 Å². The third-order valence-corrected chi connectivity index (χ3v) is 18.9. The fraction of sp³-hybridized carbons (Fsp3) is 0.211. The maximum absolute atomic E-state index is 14.8. The van der Waals surface area contributed by atoms with Crippen LogP contribution in [0.25, 0.3) is 64.6 Å². The third kappa shape index (κ3) is 14.7. The van der Waals surface area contributed by atoms with Crippen LogP contribution in [0.4, 0.5) is 105 Å². The van der Waals surface area contributed by atoms with Crippen LogP contribution in [-0.4, -0.2) is 75.6 Å². The van der Waals surface area contributed by atoms with Crippen LogP contribution in [0.2, 0.25) is 0 Å². The predicted molar refractivity (Wildman–Crippen MR) is 359 cm³/mol. The molecule has 4 N–H and O–H groups in total. The minimum atomic E-state index is -3.56. The molecule has 4 fully saturated rings. The van der Waals surface area contributed by atoms with E-state index in [0.29, 0.717) is 36.4 Å². The lowest BCUT2D eigenvalue weighted by Crippen LogP contribution is -2.67. The molecule has 0 unspecified atom stereocenters. The summed E-state index contributed by atoms with van der Waals surface area (Å²) in [5.41, 5.74) is -2.38. The van der Waals surface area contributed by atoms with Crippen molar-refractivity contribution in [2.24, 2.45) is 0 Å². The highest BCUT2D eigenvalue weighted by molar-refractivity contribution is 7.07. The first-order valence-corrected chi connectivity index (χ1v) is 33.1. The van der Waals surface area contributed by atoms with Crippen molar-refractivity contribution in [2.75, 3.05) is 52.9 Å². The number of benzene rings is 12. The first-order chi connectivity index (χ1) is 51.4. The first kappa shape index (κ1) is 79.5. The standard InChI is InChI=1S/2C30H11BF12O.4C4H8O/c2*32-19-13-4-1-10(7-16(13)22(35)28(41)25(19)38)31(44,11-2-5-14-17(8-11)23(36)29(42)26(39)20(14)33)12-3-6-15-18(9-12)24(37)30(43)27(40)21(15)34;4*1-2-4-5-3-1/h2*1-9H,44H2;4*1-4H2. The molecule has 12 aromatic carbocycles. The molecule has 0 bridgehead atoms. The lowest BCUT2D eigenvalue weighted by atomic mass is 9.28. The lowest BCUT2D eigenvalue weighted by Gasteiger charge is -2.32. The van der Waals surface area contributed by atoms with Crippen LogP contribution in [-0.2, 0) is 18.9 Å². The van der Waals surface area contributed by atoms with E-state index in [4.69, 9.17) is 18.9 Å². The molecular weight excluding hydrogens is 1490 g/mol. The summed E-state index contributed by atoms with van der Waals surface area (Å²) in [7, 11) is 0. The average Bonchev–Trinajstić information content (AvgIpc) is 1.04. The van der Waals surface area contributed by atoms with Gasteiger partial charge in [-0.3, -0.25) is 0 Å². The van der Waals surface area contributed by atoms with Gasteiger partial charge in [0.2, 0.25) is 0 Å². The van der Waals surface area contributed by atoms with Crippen LogP contribution in [0, 0.1) is 140 Å². The zero-order valence-corrected chi connectivity index (χ0v) is 55.6. The SMILES string of the molecule is C1CCOC1.C1CCOC1.C1CCOC1.C1CCOC1.[OH2+][B-](c1ccc2c(F)c(F)c(F)c(F)c2c1)(c1ccc2c(F)c(F)c(F)c(F)c2c1)c1ccc2c(F)c(F)c(F)c(F)c2c1.[OH2+][B-](c1ccc2c(F)c(F)c(F)c(F)c2c1)(c1ccc2c(F)c(F)c(F)c(F)c2c1)c1ccc2c(F)c(F)c(F)c(F)c2c1. The van der Waals surface area contributed by atoms with Gasteiger partial charge in [0.15, 0.2) is 140 Å². The lowest BCUT2D eigenvalue weighted by molar-refractivity contribution is 0.198. The zero-order valence-electron chi connectivity index (χ0n) is 55.6. The van der Waals surface area contributed by atoms with Crippen molar-refractivity contribution >= 4 is 110 Å². The molecule has 0 aromatic heterocycles. The number of ether oxygens (including phenoxy) is 4. The van der Waals surface area contributed by atoms with Gasteiger partial charge in [0, 0.05) is 117 Å². The van der Waals surface area contributed by atoms with Crippen LogP contribution >= 0.6 is 0 Å². The second-order valence-electron chi connectivity index (χ2n) is 25.4. The van der Waals surface area contributed by atoms with Gasteiger partial charge in [-0.25, -0.2) is 105 Å². The molecule has 4 heterocycles. The monoisotopic (exact) mass is 1540 g/mol. The van der Waals surface area contributed by atoms with Gasteiger partial charge in [-0.2, -0.15) is 0 Å². The van der Waals surface area contributed by atoms with Crippen molar-refractivity contribution in [1.29, 1.82) is 0 Å². The van der Waals surface area contributed by atoms with Crippen molar-refractivity contribution in [3.63, 3.8) is 0 Å². The molecular formula is C76H54B2F24O6. The maximum Gasteiger partial charge on any atom is 0.374 e. The van der Waals surface area contributed by atoms with E-state index < -0.39 is 250 Å². The van der Waals surface area contributed by atoms with Gasteiger partial charge in [0.05, 0.1) is 0 Å². The fourth-order valence-corrected chi connectivity index (χ4v) is 13.0. The average molecular weight is 1540 g/mol. The number of halogens is 24. The Bertz CT molecular complexity index is 4620. The molecule has 0 radical (unpaired) electrons. The van der Waals surface area contributed by atoms with E-state index in [0.717, 1.165) is 126 Å². The minimum Gasteiger partial charge on any atom is -0.682 e. The van der Waals surface area contributed by atoms with Gasteiger partial charge < -0.3 is 29.0 Å². The third-order valence-electron chi connectivity index (χ3n) is 18.9. The second kappa shape index (κ2) is 32.7. The summed E-state index contributed by atoms with van der Waals surface area (Å²) >= 11 is 0. The Labute approximate surface area is 595 Å². The summed E-state index contributed by atoms with van der Waals surface area (Å²) in [5.74, 6) is -47.9. The van der Waals surface area contributed by atoms with Gasteiger partial charge >= 0.3 is 12.7 Å². The van der Waals surface area contributed by atoms with Crippen molar-refractivity contribution < 1.29 is 134 Å². The Morgan fingerprint density at radius 1 is 0.167 bits per heavy atom. The van der Waals surface area contributed by atoms with E-state index in [9.17, 15) is 115 Å². The van der Waals surface area contributed by atoms with E-state index in [1.54, 1.807) is 0 Å². The highest BCUT2D eigenvalue weighted by Crippen LogP contribution is 2.35. The summed E-state index contributed by atoms with van der Waals surface area (Å²) in [6.45, 7) is 8.00. The molecule has 0 aliphatic carbocycles. The number of rotatable bonds is 6. The quantitative estimate of drug-likeness (QED) is 0.0546. The van der Waals surface area contributed by atoms with Gasteiger partial charge in [-0.05, 0) is 51.4 Å². The summed E-state index contributed by atoms with van der Waals surface area (Å²) in [6, 6.07) is 14.5. The van der Waals surface area contributed by atoms with Gasteiger partial charge in [0.25, 0.3) is 0 Å². The molecule has 568 valence electrons. The van der Waals surface area contributed by atoms with Crippen molar-refractivity contribution in [3.8, 4) is 0 Å². The van der Waals surface area contributed by atoms with Crippen LogP contribution in [0.1, 0.15) is 51.4 Å². The fourth-order valence-electron chi connectivity index (χ4n) is 13.0. The molecule has 0 atom stereocenters. The van der Waals surface area contributed by atoms with E-state index >= 15 is 0 Å². The molecule has 0 saturated carbocycles. The summed E-state index contributed by atoms with van der Waals surface area (Å²) in [5, 5.41) is 9.20. The number of hydrogen-bond donors (Lipinski definition) is 0. The molecule has 108 heavy (non-hydrogen) atoms. The number of fused-ring (bicyclic) bond motifs is 6. The largest absolute Gasteiger partial charge is 0.682 e. The Hall–Kier alpha value is -9.59. The Morgan fingerprint density at radius 3 is 0.380 bits per heavy atom. The Balaban J connectivity index is 0.000000170. The Kier molecular flexibility index (Phi) is 24.1. The van der Waals surface area contributed by atoms with Crippen LogP contribution in [0.15, 0.2) is 109 Å². The zero-order chi connectivity index (χ0) is 78.1. The molecule has 0 amide bonds. The second-order valence-corrected chi connectivity index (χ2v) is 25.4. The topological polar surface area (TPSA) is 82.7 Å². The molecule has 0 spiro atoms. The van der Waals surface area contributed by atoms with E-state index in [-0.39, 0.29) is 0 Å². The van der Waals surface area contributed by atoms with E-state index in [2.05, 4.69) is 0 Å². The molecule has 6 nitrogen and oxygen atoms in total. The van der Waals surface area contributed by atoms with Crippen LogP contribution in [0.3, 0.4) is 0 Å². The summed E-state index contributed by atoms with van der Waals surface area (Å²) < 4.78 is 363. The Morgan fingerprint density at radius 2 is 0.278 bits per heavy atom. The molecule has 12 aromatic rings. The minimum absolute atomic E-state index is 0.396. The van der Waals surface area contributed by atoms with Gasteiger partial charge in [0.1, 0.15) is 0 Å². The van der Waals surface area contributed by atoms with Crippen molar-refractivity contribution in [3.05, 3.63) is 249 Å². The van der Waals surface area contributed by atoms with Crippen LogP contribution < -0.4 is 32.8 Å². The van der Waals surface area contributed by atoms with E-state index in [1.165, 1.54) is 51.4 Å². The van der Waals surface area contributed by atoms with Crippen LogP contribution in [0.5, 0.6) is 0 Å². The molecule has 4 saturated heterocycles. The maximum atomic E-state index is 14.8. The smallest absolute Gasteiger partial charge is 0.374 e.